The lowest BCUT2D eigenvalue weighted by Gasteiger charge is -1.94. The van der Waals surface area contributed by atoms with Crippen LogP contribution in [0.1, 0.15) is 25.0 Å². The summed E-state index contributed by atoms with van der Waals surface area (Å²) in [6.45, 7) is 4.06. The lowest BCUT2D eigenvalue weighted by molar-refractivity contribution is 1.11. The van der Waals surface area contributed by atoms with E-state index in [-0.39, 0.29) is 9.41 Å². The van der Waals surface area contributed by atoms with E-state index in [1.807, 2.05) is 105 Å². The van der Waals surface area contributed by atoms with Crippen LogP contribution in [-0.4, -0.2) is 9.97 Å². The van der Waals surface area contributed by atoms with Crippen LogP contribution in [0.25, 0.3) is 34.0 Å². The number of H-pyrrole nitrogens is 2. The average Bonchev–Trinajstić information content (AvgIpc) is 3.62. The molecule has 0 radical (unpaired) electrons. The number of aromatic nitrogens is 2. The van der Waals surface area contributed by atoms with E-state index in [0.717, 1.165) is 0 Å². The van der Waals surface area contributed by atoms with Gasteiger partial charge >= 0.3 is 0 Å². The molecule has 0 aliphatic carbocycles. The molecule has 196 valence electrons. The fraction of sp³-hybridized carbons (Fsp3) is 0.0588. The van der Waals surface area contributed by atoms with E-state index in [1.165, 1.54) is 32.9 Å². The third kappa shape index (κ3) is 10.5. The van der Waals surface area contributed by atoms with Crippen molar-refractivity contribution in [1.82, 2.24) is 9.97 Å². The van der Waals surface area contributed by atoms with E-state index in [4.69, 9.17) is 0 Å². The van der Waals surface area contributed by atoms with Crippen LogP contribution in [0, 0.1) is 0 Å². The molecule has 0 atom stereocenters. The molecule has 2 aromatic heterocycles. The maximum atomic E-state index is 3.18. The van der Waals surface area contributed by atoms with E-state index in [9.17, 15) is 0 Å². The minimum Gasteiger partial charge on any atom is -0.361 e. The molecule has 0 amide bonds. The second kappa shape index (κ2) is 18.6. The normalized spacial score (nSPS) is 9.74. The van der Waals surface area contributed by atoms with Crippen molar-refractivity contribution in [2.24, 2.45) is 0 Å². The standard InChI is InChI=1S/2C11H11N.2C6H6.2FH/c1-2-4-9-5-3-6-11-10(9)7-8-12-11;1-2-3-9-4-5-10-6-7-12-11(10)8-9;2*1-2-4-6-5-3-1;;/h2*2-8,12H,1H3;2*1-6H;2*1H/b4-2+;3-2+;;;;. The van der Waals surface area contributed by atoms with Gasteiger partial charge in [-0.15, -0.1) is 0 Å². The number of allylic oxidation sites excluding steroid dienone is 2. The Morgan fingerprint density at radius 3 is 1.58 bits per heavy atom. The Bertz CT molecular complexity index is 1360. The number of rotatable bonds is 2. The molecule has 0 fully saturated rings. The highest BCUT2D eigenvalue weighted by Gasteiger charge is 1.96. The first-order valence-corrected chi connectivity index (χ1v) is 12.2. The van der Waals surface area contributed by atoms with Gasteiger partial charge < -0.3 is 9.97 Å². The summed E-state index contributed by atoms with van der Waals surface area (Å²) in [6.07, 6.45) is 12.3. The molecular formula is C34H36F2N2. The Morgan fingerprint density at radius 2 is 1.03 bits per heavy atom. The van der Waals surface area contributed by atoms with Crippen molar-refractivity contribution in [2.45, 2.75) is 13.8 Å². The van der Waals surface area contributed by atoms with Crippen molar-refractivity contribution in [3.8, 4) is 0 Å². The Hall–Kier alpha value is -4.70. The van der Waals surface area contributed by atoms with Crippen molar-refractivity contribution in [2.75, 3.05) is 0 Å². The van der Waals surface area contributed by atoms with E-state index in [0.29, 0.717) is 0 Å². The van der Waals surface area contributed by atoms with Gasteiger partial charge in [0.25, 0.3) is 0 Å². The molecule has 4 aromatic carbocycles. The SMILES string of the molecule is C/C=C/c1ccc2cc[nH]c2c1.C/C=C/c1cccc2[nH]ccc12.F.F.c1ccccc1.c1ccccc1. The number of halogens is 2. The number of aromatic amines is 2. The minimum absolute atomic E-state index is 0. The molecule has 0 bridgehead atoms. The van der Waals surface area contributed by atoms with Gasteiger partial charge in [0, 0.05) is 28.8 Å². The highest BCUT2D eigenvalue weighted by Crippen LogP contribution is 2.18. The summed E-state index contributed by atoms with van der Waals surface area (Å²) in [5, 5.41) is 2.55. The van der Waals surface area contributed by atoms with Crippen LogP contribution in [0.15, 0.2) is 146 Å². The predicted molar refractivity (Wildman–Crippen MR) is 164 cm³/mol. The van der Waals surface area contributed by atoms with Crippen LogP contribution < -0.4 is 0 Å². The van der Waals surface area contributed by atoms with E-state index in [2.05, 4.69) is 76.7 Å². The number of fused-ring (bicyclic) bond motifs is 2. The zero-order valence-electron chi connectivity index (χ0n) is 21.8. The number of benzene rings is 4. The van der Waals surface area contributed by atoms with Crippen molar-refractivity contribution >= 4 is 34.0 Å². The van der Waals surface area contributed by atoms with E-state index in [1.54, 1.807) is 0 Å². The first-order valence-electron chi connectivity index (χ1n) is 12.2. The molecule has 0 saturated carbocycles. The third-order valence-electron chi connectivity index (χ3n) is 5.25. The fourth-order valence-electron chi connectivity index (χ4n) is 3.57. The summed E-state index contributed by atoms with van der Waals surface area (Å²) in [5.41, 5.74) is 4.92. The molecule has 2 N–H and O–H groups in total. The van der Waals surface area contributed by atoms with E-state index < -0.39 is 0 Å². The largest absolute Gasteiger partial charge is 0.361 e. The van der Waals surface area contributed by atoms with Crippen LogP contribution in [0.2, 0.25) is 0 Å². The zero-order chi connectivity index (χ0) is 25.3. The van der Waals surface area contributed by atoms with Crippen LogP contribution in [0.3, 0.4) is 0 Å². The van der Waals surface area contributed by atoms with Gasteiger partial charge in [-0.2, -0.15) is 0 Å². The summed E-state index contributed by atoms with van der Waals surface area (Å²) >= 11 is 0. The van der Waals surface area contributed by atoms with Gasteiger partial charge in [0.2, 0.25) is 0 Å². The summed E-state index contributed by atoms with van der Waals surface area (Å²) in [5.74, 6) is 0. The molecule has 0 aliphatic rings. The first-order chi connectivity index (χ1) is 17.8. The molecule has 0 unspecified atom stereocenters. The van der Waals surface area contributed by atoms with Gasteiger partial charge in [0.15, 0.2) is 0 Å². The molecule has 6 aromatic rings. The molecule has 2 nitrogen and oxygen atoms in total. The summed E-state index contributed by atoms with van der Waals surface area (Å²) in [6, 6.07) is 40.8. The Balaban J connectivity index is 0.000000261. The molecular weight excluding hydrogens is 474 g/mol. The number of hydrogen-bond donors (Lipinski definition) is 2. The molecule has 2 heterocycles. The predicted octanol–water partition coefficient (Wildman–Crippen LogP) is 10.1. The molecule has 0 spiro atoms. The maximum Gasteiger partial charge on any atom is 0.0459 e. The number of hydrogen-bond acceptors (Lipinski definition) is 0. The Morgan fingerprint density at radius 1 is 0.500 bits per heavy atom. The lowest BCUT2D eigenvalue weighted by atomic mass is 10.1. The van der Waals surface area contributed by atoms with Gasteiger partial charge in [-0.3, -0.25) is 9.41 Å². The van der Waals surface area contributed by atoms with Crippen LogP contribution in [0.5, 0.6) is 0 Å². The van der Waals surface area contributed by atoms with Crippen LogP contribution >= 0.6 is 0 Å². The molecule has 4 heteroatoms. The second-order valence-corrected chi connectivity index (χ2v) is 7.92. The fourth-order valence-corrected chi connectivity index (χ4v) is 3.57. The van der Waals surface area contributed by atoms with Crippen molar-refractivity contribution in [3.05, 3.63) is 157 Å². The smallest absolute Gasteiger partial charge is 0.0459 e. The van der Waals surface area contributed by atoms with Crippen molar-refractivity contribution in [3.63, 3.8) is 0 Å². The van der Waals surface area contributed by atoms with Crippen molar-refractivity contribution in [1.29, 1.82) is 0 Å². The molecule has 6 rings (SSSR count). The lowest BCUT2D eigenvalue weighted by Crippen LogP contribution is -1.72. The topological polar surface area (TPSA) is 31.6 Å². The summed E-state index contributed by atoms with van der Waals surface area (Å²) in [7, 11) is 0. The average molecular weight is 511 g/mol. The Kier molecular flexibility index (Phi) is 15.3. The molecule has 0 aliphatic heterocycles. The van der Waals surface area contributed by atoms with Gasteiger partial charge in [-0.05, 0) is 54.6 Å². The highest BCUT2D eigenvalue weighted by atomic mass is 19.0. The van der Waals surface area contributed by atoms with Crippen molar-refractivity contribution < 1.29 is 9.41 Å². The van der Waals surface area contributed by atoms with Crippen LogP contribution in [-0.2, 0) is 0 Å². The zero-order valence-corrected chi connectivity index (χ0v) is 21.8. The highest BCUT2D eigenvalue weighted by molar-refractivity contribution is 5.88. The third-order valence-corrected chi connectivity index (χ3v) is 5.25. The molecule has 0 saturated heterocycles. The monoisotopic (exact) mass is 510 g/mol. The van der Waals surface area contributed by atoms with Gasteiger partial charge in [-0.1, -0.05) is 121 Å². The minimum atomic E-state index is 0. The quantitative estimate of drug-likeness (QED) is 0.232. The Labute approximate surface area is 224 Å². The summed E-state index contributed by atoms with van der Waals surface area (Å²) in [4.78, 5) is 6.37. The first kappa shape index (κ1) is 31.3. The maximum absolute atomic E-state index is 3.18. The second-order valence-electron chi connectivity index (χ2n) is 7.92. The van der Waals surface area contributed by atoms with Crippen LogP contribution in [0.4, 0.5) is 9.41 Å². The summed E-state index contributed by atoms with van der Waals surface area (Å²) < 4.78 is 0. The van der Waals surface area contributed by atoms with Gasteiger partial charge in [-0.25, -0.2) is 0 Å². The van der Waals surface area contributed by atoms with Gasteiger partial charge in [0.05, 0.1) is 0 Å². The molecule has 38 heavy (non-hydrogen) atoms. The van der Waals surface area contributed by atoms with E-state index >= 15 is 0 Å². The number of nitrogens with one attached hydrogen (secondary N) is 2. The van der Waals surface area contributed by atoms with Gasteiger partial charge in [0.1, 0.15) is 0 Å².